The minimum Gasteiger partial charge on any atom is -0.0707 e. The summed E-state index contributed by atoms with van der Waals surface area (Å²) in [6.07, 6.45) is 0. The fraction of sp³-hybridized carbons (Fsp3) is 0.750. The third-order valence-corrected chi connectivity index (χ3v) is 2.74. The average molecular weight is 110 g/mol. The Morgan fingerprint density at radius 2 is 1.12 bits per heavy atom. The highest BCUT2D eigenvalue weighted by molar-refractivity contribution is 5.27. The van der Waals surface area contributed by atoms with Gasteiger partial charge in [0.2, 0.25) is 0 Å². The van der Waals surface area contributed by atoms with E-state index in [1.807, 2.05) is 0 Å². The van der Waals surface area contributed by atoms with Crippen LogP contribution in [0, 0.1) is 11.8 Å². The zero-order valence-corrected chi connectivity index (χ0v) is 6.15. The Labute approximate surface area is 51.6 Å². The summed E-state index contributed by atoms with van der Waals surface area (Å²) in [5, 5.41) is 0. The van der Waals surface area contributed by atoms with E-state index in [1.54, 1.807) is 11.1 Å². The van der Waals surface area contributed by atoms with Crippen LogP contribution in [0.15, 0.2) is 11.1 Å². The topological polar surface area (TPSA) is 0 Å². The number of rotatable bonds is 0. The minimum atomic E-state index is 0.856. The maximum Gasteiger partial charge on any atom is -0.0169 e. The van der Waals surface area contributed by atoms with E-state index in [-0.39, 0.29) is 0 Å². The lowest BCUT2D eigenvalue weighted by atomic mass is 9.71. The van der Waals surface area contributed by atoms with E-state index < -0.39 is 0 Å². The Balaban J connectivity index is 2.74. The van der Waals surface area contributed by atoms with Gasteiger partial charge in [0.15, 0.2) is 0 Å². The van der Waals surface area contributed by atoms with Crippen molar-refractivity contribution in [1.82, 2.24) is 0 Å². The molecule has 0 spiro atoms. The Bertz CT molecular complexity index is 115. The first-order valence-electron chi connectivity index (χ1n) is 3.32. The molecule has 8 heavy (non-hydrogen) atoms. The Morgan fingerprint density at radius 1 is 0.875 bits per heavy atom. The molecule has 0 aromatic carbocycles. The molecule has 1 aliphatic rings. The van der Waals surface area contributed by atoms with E-state index >= 15 is 0 Å². The third kappa shape index (κ3) is 0.521. The molecular formula is C8H14. The lowest BCUT2D eigenvalue weighted by Gasteiger charge is -2.34. The molecule has 0 aliphatic heterocycles. The van der Waals surface area contributed by atoms with Crippen LogP contribution in [0.1, 0.15) is 27.7 Å². The number of allylic oxidation sites excluding steroid dienone is 2. The highest BCUT2D eigenvalue weighted by Crippen LogP contribution is 2.38. The van der Waals surface area contributed by atoms with Gasteiger partial charge in [0.1, 0.15) is 0 Å². The van der Waals surface area contributed by atoms with E-state index in [4.69, 9.17) is 0 Å². The van der Waals surface area contributed by atoms with Gasteiger partial charge in [-0.3, -0.25) is 0 Å². The third-order valence-electron chi connectivity index (χ3n) is 2.74. The van der Waals surface area contributed by atoms with E-state index in [1.165, 1.54) is 0 Å². The summed E-state index contributed by atoms with van der Waals surface area (Å²) < 4.78 is 0. The zero-order chi connectivity index (χ0) is 6.31. The first-order chi connectivity index (χ1) is 3.64. The second-order valence-electron chi connectivity index (χ2n) is 2.94. The highest BCUT2D eigenvalue weighted by Gasteiger charge is 2.26. The van der Waals surface area contributed by atoms with Crippen LogP contribution >= 0.6 is 0 Å². The predicted octanol–water partition coefficient (Wildman–Crippen LogP) is 2.61. The average Bonchev–Trinajstić information content (AvgIpc) is 1.83. The molecule has 0 aromatic heterocycles. The molecule has 0 bridgehead atoms. The minimum absolute atomic E-state index is 0.856. The van der Waals surface area contributed by atoms with Gasteiger partial charge in [-0.15, -0.1) is 0 Å². The quantitative estimate of drug-likeness (QED) is 0.420. The summed E-state index contributed by atoms with van der Waals surface area (Å²) in [4.78, 5) is 0. The van der Waals surface area contributed by atoms with Crippen LogP contribution in [0.2, 0.25) is 0 Å². The summed E-state index contributed by atoms with van der Waals surface area (Å²) >= 11 is 0. The van der Waals surface area contributed by atoms with Gasteiger partial charge in [-0.2, -0.15) is 0 Å². The molecule has 0 radical (unpaired) electrons. The molecule has 0 saturated heterocycles. The molecule has 2 unspecified atom stereocenters. The SMILES string of the molecule is CC1=C(C)C(C)C1C. The Morgan fingerprint density at radius 3 is 1.25 bits per heavy atom. The van der Waals surface area contributed by atoms with Gasteiger partial charge >= 0.3 is 0 Å². The fourth-order valence-electron chi connectivity index (χ4n) is 1.37. The van der Waals surface area contributed by atoms with Crippen molar-refractivity contribution in [2.45, 2.75) is 27.7 Å². The first kappa shape index (κ1) is 5.87. The monoisotopic (exact) mass is 110 g/mol. The zero-order valence-electron chi connectivity index (χ0n) is 6.15. The molecule has 0 amide bonds. The van der Waals surface area contributed by atoms with Crippen molar-refractivity contribution >= 4 is 0 Å². The largest absolute Gasteiger partial charge is 0.0707 e. The van der Waals surface area contributed by atoms with Crippen LogP contribution in [0.25, 0.3) is 0 Å². The van der Waals surface area contributed by atoms with Crippen molar-refractivity contribution in [3.63, 3.8) is 0 Å². The van der Waals surface area contributed by atoms with Crippen molar-refractivity contribution < 1.29 is 0 Å². The molecular weight excluding hydrogens is 96.1 g/mol. The number of hydrogen-bond acceptors (Lipinski definition) is 0. The van der Waals surface area contributed by atoms with E-state index in [2.05, 4.69) is 27.7 Å². The van der Waals surface area contributed by atoms with Crippen LogP contribution in [-0.4, -0.2) is 0 Å². The summed E-state index contributed by atoms with van der Waals surface area (Å²) in [5.74, 6) is 1.71. The highest BCUT2D eigenvalue weighted by atomic mass is 14.3. The van der Waals surface area contributed by atoms with Crippen molar-refractivity contribution in [2.24, 2.45) is 11.8 Å². The second-order valence-corrected chi connectivity index (χ2v) is 2.94. The molecule has 0 heteroatoms. The van der Waals surface area contributed by atoms with Crippen molar-refractivity contribution in [3.05, 3.63) is 11.1 Å². The summed E-state index contributed by atoms with van der Waals surface area (Å²) in [7, 11) is 0. The van der Waals surface area contributed by atoms with Gasteiger partial charge in [-0.05, 0) is 25.7 Å². The smallest absolute Gasteiger partial charge is 0.0169 e. The first-order valence-corrected chi connectivity index (χ1v) is 3.32. The normalized spacial score (nSPS) is 37.5. The van der Waals surface area contributed by atoms with Gasteiger partial charge in [0.05, 0.1) is 0 Å². The lowest BCUT2D eigenvalue weighted by Crippen LogP contribution is -2.22. The maximum absolute atomic E-state index is 2.30. The molecule has 0 N–H and O–H groups in total. The van der Waals surface area contributed by atoms with Gasteiger partial charge < -0.3 is 0 Å². The van der Waals surface area contributed by atoms with Gasteiger partial charge in [0, 0.05) is 0 Å². The molecule has 0 aromatic rings. The van der Waals surface area contributed by atoms with E-state index in [0.717, 1.165) is 11.8 Å². The van der Waals surface area contributed by atoms with Gasteiger partial charge in [-0.1, -0.05) is 25.0 Å². The molecule has 0 saturated carbocycles. The predicted molar refractivity (Wildman–Crippen MR) is 36.7 cm³/mol. The van der Waals surface area contributed by atoms with Crippen molar-refractivity contribution in [1.29, 1.82) is 0 Å². The Hall–Kier alpha value is -0.260. The lowest BCUT2D eigenvalue weighted by molar-refractivity contribution is 0.426. The van der Waals surface area contributed by atoms with Gasteiger partial charge in [-0.25, -0.2) is 0 Å². The van der Waals surface area contributed by atoms with Crippen molar-refractivity contribution in [2.75, 3.05) is 0 Å². The molecule has 46 valence electrons. The molecule has 2 atom stereocenters. The van der Waals surface area contributed by atoms with Crippen LogP contribution in [0.3, 0.4) is 0 Å². The molecule has 0 fully saturated rings. The molecule has 0 nitrogen and oxygen atoms in total. The number of hydrogen-bond donors (Lipinski definition) is 0. The van der Waals surface area contributed by atoms with Crippen LogP contribution in [0.4, 0.5) is 0 Å². The van der Waals surface area contributed by atoms with E-state index in [0.29, 0.717) is 0 Å². The van der Waals surface area contributed by atoms with Crippen molar-refractivity contribution in [3.8, 4) is 0 Å². The molecule has 1 aliphatic carbocycles. The summed E-state index contributed by atoms with van der Waals surface area (Å²) in [6, 6.07) is 0. The summed E-state index contributed by atoms with van der Waals surface area (Å²) in [6.45, 7) is 9.07. The Kier molecular flexibility index (Phi) is 1.18. The standard InChI is InChI=1S/C8H14/c1-5-6(2)8(4)7(5)3/h5-6H,1-4H3. The van der Waals surface area contributed by atoms with Gasteiger partial charge in [0.25, 0.3) is 0 Å². The fourth-order valence-corrected chi connectivity index (χ4v) is 1.37. The van der Waals surface area contributed by atoms with E-state index in [9.17, 15) is 0 Å². The molecule has 1 rings (SSSR count). The van der Waals surface area contributed by atoms with Crippen LogP contribution in [0.5, 0.6) is 0 Å². The van der Waals surface area contributed by atoms with Crippen LogP contribution in [-0.2, 0) is 0 Å². The summed E-state index contributed by atoms with van der Waals surface area (Å²) in [5.41, 5.74) is 3.22. The second kappa shape index (κ2) is 1.61. The maximum atomic E-state index is 2.30. The van der Waals surface area contributed by atoms with Crippen LogP contribution < -0.4 is 0 Å². The molecule has 0 heterocycles.